The fourth-order valence-electron chi connectivity index (χ4n) is 24.5. The molecular weight excluding hydrogens is 1730 g/mol. The van der Waals surface area contributed by atoms with Gasteiger partial charge in [-0.1, -0.05) is 319 Å². The van der Waals surface area contributed by atoms with Gasteiger partial charge in [0.1, 0.15) is 0 Å². The molecule has 0 atom stereocenters. The molecule has 8 heterocycles. The Morgan fingerprint density at radius 2 is 0.350 bits per heavy atom. The zero-order chi connectivity index (χ0) is 95.4. The molecule has 0 amide bonds. The predicted molar refractivity (Wildman–Crippen MR) is 618 cm³/mol. The second-order valence-corrected chi connectivity index (χ2v) is 42.0. The minimum atomic E-state index is 0.144. The maximum absolute atomic E-state index is 2.50. The van der Waals surface area contributed by atoms with Crippen molar-refractivity contribution in [3.63, 3.8) is 0 Å². The summed E-state index contributed by atoms with van der Waals surface area (Å²) in [6, 6.07) is 159. The molecule has 0 fully saturated rings. The van der Waals surface area contributed by atoms with E-state index in [1.165, 1.54) is 316 Å². The molecule has 0 aliphatic rings. The highest BCUT2D eigenvalue weighted by atomic mass is 14.9. The molecule has 0 aliphatic carbocycles. The van der Waals surface area contributed by atoms with Crippen LogP contribution in [0.5, 0.6) is 0 Å². The van der Waals surface area contributed by atoms with E-state index >= 15 is 0 Å². The third kappa shape index (κ3) is 12.8. The molecule has 0 unspecified atom stereocenters. The van der Waals surface area contributed by atoms with Crippen LogP contribution in [-0.2, 0) is 5.41 Å². The van der Waals surface area contributed by atoms with Crippen molar-refractivity contribution in [3.05, 3.63) is 458 Å². The van der Waals surface area contributed by atoms with Crippen molar-refractivity contribution in [1.29, 1.82) is 0 Å². The summed E-state index contributed by atoms with van der Waals surface area (Å²) in [6.07, 6.45) is 0. The number of rotatable bonds is 5. The van der Waals surface area contributed by atoms with E-state index in [9.17, 15) is 0 Å². The van der Waals surface area contributed by atoms with Crippen LogP contribution in [-0.4, -0.2) is 17.6 Å². The summed E-state index contributed by atoms with van der Waals surface area (Å²) in [7, 11) is 0. The minimum Gasteiger partial charge on any atom is -0.308 e. The molecule has 0 radical (unpaired) electrons. The maximum Gasteiger partial charge on any atom is 0.0620 e. The van der Waals surface area contributed by atoms with E-state index in [2.05, 4.69) is 505 Å². The third-order valence-corrected chi connectivity index (χ3v) is 32.1. The fourth-order valence-corrected chi connectivity index (χ4v) is 24.5. The van der Waals surface area contributed by atoms with Crippen molar-refractivity contribution in [1.82, 2.24) is 17.6 Å². The van der Waals surface area contributed by atoms with E-state index in [1.807, 2.05) is 0 Å². The molecule has 0 bridgehead atoms. The average molecular weight is 1820 g/mol. The quantitative estimate of drug-likeness (QED) is 0.163. The highest BCUT2D eigenvalue weighted by molar-refractivity contribution is 6.32. The van der Waals surface area contributed by atoms with Gasteiger partial charge < -0.3 is 17.6 Å². The summed E-state index contributed by atoms with van der Waals surface area (Å²) in [6.45, 7) is 20.1. The molecule has 4 heteroatoms. The number of nitrogens with zero attached hydrogens (tertiary/aromatic N) is 4. The lowest BCUT2D eigenvalue weighted by molar-refractivity contribution is 0.590. The Morgan fingerprint density at radius 1 is 0.175 bits per heavy atom. The van der Waals surface area contributed by atoms with Crippen LogP contribution in [0.25, 0.3) is 283 Å². The Kier molecular flexibility index (Phi) is 17.9. The summed E-state index contributed by atoms with van der Waals surface area (Å²) in [4.78, 5) is 0. The first-order chi connectivity index (χ1) is 69.9. The molecule has 8 aromatic heterocycles. The number of aromatic nitrogens is 4. The van der Waals surface area contributed by atoms with Crippen LogP contribution in [0.15, 0.2) is 425 Å². The molecule has 674 valence electrons. The van der Waals surface area contributed by atoms with E-state index in [4.69, 9.17) is 0 Å². The topological polar surface area (TPSA) is 17.6 Å². The number of hydrogen-bond acceptors (Lipinski definition) is 0. The van der Waals surface area contributed by atoms with Crippen molar-refractivity contribution in [2.45, 2.75) is 73.6 Å². The number of fused-ring (bicyclic) bond motifs is 32. The molecule has 0 aliphatic heterocycles. The van der Waals surface area contributed by atoms with Crippen molar-refractivity contribution >= 4 is 239 Å². The predicted octanol–water partition coefficient (Wildman–Crippen LogP) is 38.9. The van der Waals surface area contributed by atoms with Gasteiger partial charge in [-0.3, -0.25) is 0 Å². The number of aryl methyl sites for hydroxylation is 3. The number of benzene rings is 24. The summed E-state index contributed by atoms with van der Waals surface area (Å²) in [5.41, 5.74) is 34.0. The van der Waals surface area contributed by atoms with Gasteiger partial charge in [0.15, 0.2) is 0 Å². The Labute approximate surface area is 826 Å². The van der Waals surface area contributed by atoms with Gasteiger partial charge in [-0.25, -0.2) is 0 Å². The second kappa shape index (κ2) is 31.0. The Balaban J connectivity index is 0.0000000909. The summed E-state index contributed by atoms with van der Waals surface area (Å²) in [5.74, 6) is 0.533. The monoisotopic (exact) mass is 1820 g/mol. The van der Waals surface area contributed by atoms with Crippen molar-refractivity contribution in [2.24, 2.45) is 0 Å². The first-order valence-corrected chi connectivity index (χ1v) is 50.5. The van der Waals surface area contributed by atoms with E-state index < -0.39 is 0 Å². The van der Waals surface area contributed by atoms with Crippen LogP contribution in [0, 0.1) is 27.7 Å². The molecule has 4 nitrogen and oxygen atoms in total. The van der Waals surface area contributed by atoms with Gasteiger partial charge in [0.25, 0.3) is 0 Å². The van der Waals surface area contributed by atoms with E-state index in [0.29, 0.717) is 5.92 Å². The normalized spacial score (nSPS) is 12.4. The maximum atomic E-state index is 2.50. The van der Waals surface area contributed by atoms with Crippen LogP contribution in [0.3, 0.4) is 0 Å². The standard InChI is InChI=1S/C36H27N.2C35H25N.C33H21N/c1-36(2,3)28-14-12-22(13-15-28)27-18-31-29-16-23-8-4-6-10-25(23)20-33(29)37-34-21-26-11-7-5-9-24(26)17-30(34)32(19-27)35(31)37;1-20-12-27(13-21(2)22(20)3)28-16-31-29-14-23-8-4-6-10-25(23)18-33(29)36-34-19-26-11-7-5-9-24(26)15-30(34)32(17-28)35(31)36;1-21(2)22-11-13-23(14-12-22)28-17-31-29-15-24-7-3-5-9-26(24)19-33(29)36-34-20-27-10-6-4-8-25(27)16-30(34)32(18-28)35(31)36;1-20-10-12-21(13-11-20)26-16-29-27-14-22-6-2-4-8-24(22)18-31(27)34-32-19-25-9-5-3-7-23(25)15-28(32)30(17-26)33(29)34/h4-21H,1-3H3;4-19H,1-3H3;3-21H,1-2H3;2-19H,1H3. The van der Waals surface area contributed by atoms with Crippen molar-refractivity contribution < 1.29 is 0 Å². The molecule has 143 heavy (non-hydrogen) atoms. The summed E-state index contributed by atoms with van der Waals surface area (Å²) < 4.78 is 10.00. The Bertz CT molecular complexity index is 10500. The fraction of sp³-hybridized carbons (Fsp3) is 0.0791. The van der Waals surface area contributed by atoms with E-state index in [-0.39, 0.29) is 5.41 Å². The molecule has 32 rings (SSSR count). The molecule has 32 aromatic rings. The average Bonchev–Trinajstić information content (AvgIpc) is 1.55. The molecule has 0 saturated carbocycles. The van der Waals surface area contributed by atoms with Crippen LogP contribution in [0.1, 0.15) is 73.9 Å². The summed E-state index contributed by atoms with van der Waals surface area (Å²) >= 11 is 0. The van der Waals surface area contributed by atoms with Gasteiger partial charge in [-0.2, -0.15) is 0 Å². The second-order valence-electron chi connectivity index (χ2n) is 42.0. The lowest BCUT2D eigenvalue weighted by atomic mass is 9.86. The Morgan fingerprint density at radius 3 is 0.545 bits per heavy atom. The first-order valence-electron chi connectivity index (χ1n) is 50.5. The van der Waals surface area contributed by atoms with E-state index in [0.717, 1.165) is 0 Å². The van der Waals surface area contributed by atoms with Crippen LogP contribution >= 0.6 is 0 Å². The number of hydrogen-bond donors (Lipinski definition) is 0. The molecule has 0 spiro atoms. The lowest BCUT2D eigenvalue weighted by Crippen LogP contribution is -2.10. The first kappa shape index (κ1) is 82.6. The van der Waals surface area contributed by atoms with Gasteiger partial charge in [-0.05, 0) is 343 Å². The van der Waals surface area contributed by atoms with Gasteiger partial charge in [0.05, 0.1) is 66.2 Å². The smallest absolute Gasteiger partial charge is 0.0620 e. The molecule has 0 N–H and O–H groups in total. The Hall–Kier alpha value is -17.4. The van der Waals surface area contributed by atoms with Crippen LogP contribution in [0.2, 0.25) is 0 Å². The van der Waals surface area contributed by atoms with Crippen LogP contribution in [0.4, 0.5) is 0 Å². The van der Waals surface area contributed by atoms with Gasteiger partial charge in [-0.15, -0.1) is 0 Å². The zero-order valence-corrected chi connectivity index (χ0v) is 81.3. The zero-order valence-electron chi connectivity index (χ0n) is 81.3. The molecule has 24 aromatic carbocycles. The molecule has 0 saturated heterocycles. The highest BCUT2D eigenvalue weighted by Crippen LogP contribution is 2.51. The summed E-state index contributed by atoms with van der Waals surface area (Å²) in [5, 5.41) is 41.8. The largest absolute Gasteiger partial charge is 0.308 e. The van der Waals surface area contributed by atoms with Crippen LogP contribution < -0.4 is 0 Å². The highest BCUT2D eigenvalue weighted by Gasteiger charge is 2.28. The van der Waals surface area contributed by atoms with Crippen molar-refractivity contribution in [3.8, 4) is 44.5 Å². The lowest BCUT2D eigenvalue weighted by Gasteiger charge is -2.19. The van der Waals surface area contributed by atoms with Gasteiger partial charge in [0.2, 0.25) is 0 Å². The van der Waals surface area contributed by atoms with Crippen molar-refractivity contribution in [2.75, 3.05) is 0 Å². The minimum absolute atomic E-state index is 0.144. The van der Waals surface area contributed by atoms with Gasteiger partial charge >= 0.3 is 0 Å². The van der Waals surface area contributed by atoms with E-state index in [1.54, 1.807) is 0 Å². The SMILES string of the molecule is CC(C)(C)c1ccc(-c2cc3c4cc5ccccc5cc4n4c5cc6ccccc6cc5c(c2)c34)cc1.CC(C)c1ccc(-c2cc3c4cc5ccccc5cc4n4c5cc6ccccc6cc5c(c2)c34)cc1.Cc1cc(-c2cc3c4cc5ccccc5cc4n4c5cc6ccccc6cc5c(c2)c34)cc(C)c1C.Cc1ccc(-c2cc3c4cc5ccccc5cc4n4c5cc6ccccc6cc5c(c2)c34)cc1. The molecular formula is C139H98N4. The van der Waals surface area contributed by atoms with Gasteiger partial charge in [0, 0.05) is 86.2 Å². The third-order valence-electron chi connectivity index (χ3n) is 32.1.